The Labute approximate surface area is 248 Å². The lowest BCUT2D eigenvalue weighted by Crippen LogP contribution is -2.19. The lowest BCUT2D eigenvalue weighted by atomic mass is 9.90. The van der Waals surface area contributed by atoms with Crippen LogP contribution in [-0.4, -0.2) is 22.2 Å². The summed E-state index contributed by atoms with van der Waals surface area (Å²) in [6, 6.07) is 34.8. The molecule has 0 atom stereocenters. The van der Waals surface area contributed by atoms with Gasteiger partial charge in [-0.15, -0.1) is 0 Å². The molecule has 6 rings (SSSR count). The Morgan fingerprint density at radius 3 is 2.12 bits per heavy atom. The molecule has 2 amide bonds. The predicted molar refractivity (Wildman–Crippen MR) is 170 cm³/mol. The van der Waals surface area contributed by atoms with Crippen molar-refractivity contribution in [3.05, 3.63) is 132 Å². The highest BCUT2D eigenvalue weighted by molar-refractivity contribution is 6.13. The third kappa shape index (κ3) is 5.69. The van der Waals surface area contributed by atoms with Gasteiger partial charge in [-0.1, -0.05) is 84.4 Å². The Bertz CT molecular complexity index is 2000. The minimum absolute atomic E-state index is 0.164. The average Bonchev–Trinajstić information content (AvgIpc) is 3.01. The van der Waals surface area contributed by atoms with Gasteiger partial charge in [-0.2, -0.15) is 0 Å². The van der Waals surface area contributed by atoms with Gasteiger partial charge in [-0.05, 0) is 70.4 Å². The summed E-state index contributed by atoms with van der Waals surface area (Å²) >= 11 is 0. The molecule has 7 nitrogen and oxygen atoms in total. The summed E-state index contributed by atoms with van der Waals surface area (Å²) in [6.07, 6.45) is 0. The molecule has 0 spiro atoms. The number of amides is 2. The molecule has 4 N–H and O–H groups in total. The molecule has 0 heterocycles. The standard InChI is InChI=1S/C36H28N2O5/c1-22-13-16-26(17-14-22)37-36(42)38-27-10-6-7-23(19-27)21-43-31-18-15-24-8-2-4-11-28(24)32(31)33-29-12-5-3-9-25(29)20-30(34(33)39)35(40)41/h2-20,39H,21H2,1H3,(H,40,41)(H2,37,38,42). The van der Waals surface area contributed by atoms with Gasteiger partial charge in [0.05, 0.1) is 0 Å². The van der Waals surface area contributed by atoms with E-state index in [0.29, 0.717) is 39.0 Å². The maximum absolute atomic E-state index is 12.6. The summed E-state index contributed by atoms with van der Waals surface area (Å²) in [7, 11) is 0. The number of benzene rings is 6. The lowest BCUT2D eigenvalue weighted by Gasteiger charge is -2.19. The molecule has 0 aromatic heterocycles. The van der Waals surface area contributed by atoms with Crippen molar-refractivity contribution >= 4 is 44.9 Å². The second-order valence-electron chi connectivity index (χ2n) is 10.3. The molecule has 0 aliphatic carbocycles. The zero-order valence-corrected chi connectivity index (χ0v) is 23.3. The van der Waals surface area contributed by atoms with Crippen molar-refractivity contribution in [2.75, 3.05) is 10.6 Å². The summed E-state index contributed by atoms with van der Waals surface area (Å²) < 4.78 is 6.37. The summed E-state index contributed by atoms with van der Waals surface area (Å²) in [5.41, 5.74) is 4.01. The summed E-state index contributed by atoms with van der Waals surface area (Å²) in [6.45, 7) is 2.15. The normalized spacial score (nSPS) is 10.9. The molecule has 43 heavy (non-hydrogen) atoms. The number of nitrogens with one attached hydrogen (secondary N) is 2. The number of carbonyl (C=O) groups excluding carboxylic acids is 1. The van der Waals surface area contributed by atoms with Crippen molar-refractivity contribution in [2.45, 2.75) is 13.5 Å². The predicted octanol–water partition coefficient (Wildman–Crippen LogP) is 8.60. The minimum atomic E-state index is -1.22. The van der Waals surface area contributed by atoms with Gasteiger partial charge >= 0.3 is 12.0 Å². The van der Waals surface area contributed by atoms with Gasteiger partial charge in [0.15, 0.2) is 0 Å². The number of phenols is 1. The molecule has 0 unspecified atom stereocenters. The van der Waals surface area contributed by atoms with E-state index in [4.69, 9.17) is 4.74 Å². The van der Waals surface area contributed by atoms with Gasteiger partial charge in [-0.3, -0.25) is 0 Å². The molecule has 0 saturated heterocycles. The Morgan fingerprint density at radius 1 is 0.698 bits per heavy atom. The second-order valence-corrected chi connectivity index (χ2v) is 10.3. The van der Waals surface area contributed by atoms with Crippen LogP contribution >= 0.6 is 0 Å². The van der Waals surface area contributed by atoms with Crippen molar-refractivity contribution in [3.8, 4) is 22.6 Å². The zero-order valence-electron chi connectivity index (χ0n) is 23.3. The number of carboxylic acids is 1. The number of ether oxygens (including phenoxy) is 1. The first-order valence-electron chi connectivity index (χ1n) is 13.7. The quantitative estimate of drug-likeness (QED) is 0.154. The number of carbonyl (C=O) groups is 2. The molecule has 6 aromatic rings. The number of hydrogen-bond donors (Lipinski definition) is 4. The highest BCUT2D eigenvalue weighted by Crippen LogP contribution is 2.46. The zero-order chi connectivity index (χ0) is 29.9. The fourth-order valence-electron chi connectivity index (χ4n) is 5.21. The minimum Gasteiger partial charge on any atom is -0.506 e. The van der Waals surface area contributed by atoms with Crippen LogP contribution in [0.25, 0.3) is 32.7 Å². The van der Waals surface area contributed by atoms with E-state index in [-0.39, 0.29) is 24.0 Å². The maximum atomic E-state index is 12.6. The van der Waals surface area contributed by atoms with Gasteiger partial charge in [0, 0.05) is 22.5 Å². The van der Waals surface area contributed by atoms with Crippen molar-refractivity contribution < 1.29 is 24.5 Å². The van der Waals surface area contributed by atoms with Crippen molar-refractivity contribution in [2.24, 2.45) is 0 Å². The van der Waals surface area contributed by atoms with Crippen molar-refractivity contribution in [3.63, 3.8) is 0 Å². The third-order valence-electron chi connectivity index (χ3n) is 7.28. The van der Waals surface area contributed by atoms with E-state index in [1.165, 1.54) is 6.07 Å². The van der Waals surface area contributed by atoms with Crippen LogP contribution in [0.15, 0.2) is 115 Å². The number of aromatic hydroxyl groups is 1. The summed E-state index contributed by atoms with van der Waals surface area (Å²) in [5, 5.41) is 30.0. The SMILES string of the molecule is Cc1ccc(NC(=O)Nc2cccc(COc3ccc4ccccc4c3-c3c(O)c(C(=O)O)cc4ccccc34)c2)cc1. The number of aromatic carboxylic acids is 1. The van der Waals surface area contributed by atoms with Crippen LogP contribution in [0.2, 0.25) is 0 Å². The first-order valence-corrected chi connectivity index (χ1v) is 13.7. The Hall–Kier alpha value is -5.82. The fourth-order valence-corrected chi connectivity index (χ4v) is 5.21. The lowest BCUT2D eigenvalue weighted by molar-refractivity contribution is 0.0694. The van der Waals surface area contributed by atoms with E-state index >= 15 is 0 Å². The monoisotopic (exact) mass is 568 g/mol. The molecule has 7 heteroatoms. The molecule has 6 aromatic carbocycles. The number of fused-ring (bicyclic) bond motifs is 2. The summed E-state index contributed by atoms with van der Waals surface area (Å²) in [5.74, 6) is -1.06. The van der Waals surface area contributed by atoms with E-state index in [1.807, 2.05) is 110 Å². The third-order valence-corrected chi connectivity index (χ3v) is 7.28. The van der Waals surface area contributed by atoms with Gasteiger partial charge in [0.25, 0.3) is 0 Å². The van der Waals surface area contributed by atoms with E-state index in [2.05, 4.69) is 10.6 Å². The Morgan fingerprint density at radius 2 is 1.37 bits per heavy atom. The van der Waals surface area contributed by atoms with Crippen LogP contribution in [0, 0.1) is 6.92 Å². The van der Waals surface area contributed by atoms with Crippen LogP contribution in [0.5, 0.6) is 11.5 Å². The molecule has 0 saturated carbocycles. The smallest absolute Gasteiger partial charge is 0.339 e. The van der Waals surface area contributed by atoms with E-state index < -0.39 is 5.97 Å². The number of hydrogen-bond acceptors (Lipinski definition) is 4. The largest absolute Gasteiger partial charge is 0.506 e. The van der Waals surface area contributed by atoms with Gasteiger partial charge in [0.2, 0.25) is 0 Å². The molecular formula is C36H28N2O5. The van der Waals surface area contributed by atoms with Gasteiger partial charge < -0.3 is 25.6 Å². The number of rotatable bonds is 7. The molecule has 0 radical (unpaired) electrons. The molecule has 0 bridgehead atoms. The summed E-state index contributed by atoms with van der Waals surface area (Å²) in [4.78, 5) is 24.7. The second kappa shape index (κ2) is 11.6. The highest BCUT2D eigenvalue weighted by Gasteiger charge is 2.23. The topological polar surface area (TPSA) is 108 Å². The van der Waals surface area contributed by atoms with Crippen LogP contribution in [0.3, 0.4) is 0 Å². The van der Waals surface area contributed by atoms with E-state index in [1.54, 1.807) is 6.07 Å². The van der Waals surface area contributed by atoms with Crippen LogP contribution in [0.1, 0.15) is 21.5 Å². The number of aryl methyl sites for hydroxylation is 1. The number of carboxylic acid groups (broad SMARTS) is 1. The molecule has 0 aliphatic rings. The first-order chi connectivity index (χ1) is 20.9. The molecule has 0 fully saturated rings. The molecule has 0 aliphatic heterocycles. The molecular weight excluding hydrogens is 540 g/mol. The van der Waals surface area contributed by atoms with Crippen LogP contribution < -0.4 is 15.4 Å². The van der Waals surface area contributed by atoms with Crippen LogP contribution in [0.4, 0.5) is 16.2 Å². The highest BCUT2D eigenvalue weighted by atomic mass is 16.5. The first kappa shape index (κ1) is 27.4. The van der Waals surface area contributed by atoms with E-state index in [9.17, 15) is 19.8 Å². The van der Waals surface area contributed by atoms with Gasteiger partial charge in [-0.25, -0.2) is 9.59 Å². The number of anilines is 2. The Kier molecular flexibility index (Phi) is 7.37. The van der Waals surface area contributed by atoms with Crippen LogP contribution in [-0.2, 0) is 6.61 Å². The Balaban J connectivity index is 1.34. The fraction of sp³-hybridized carbons (Fsp3) is 0.0556. The average molecular weight is 569 g/mol. The van der Waals surface area contributed by atoms with Gasteiger partial charge in [0.1, 0.15) is 23.7 Å². The van der Waals surface area contributed by atoms with Crippen molar-refractivity contribution in [1.82, 2.24) is 0 Å². The van der Waals surface area contributed by atoms with E-state index in [0.717, 1.165) is 21.9 Å². The molecule has 212 valence electrons. The van der Waals surface area contributed by atoms with Crippen molar-refractivity contribution in [1.29, 1.82) is 0 Å². The maximum Gasteiger partial charge on any atom is 0.339 e. The number of urea groups is 1.